The third kappa shape index (κ3) is 8.30. The van der Waals surface area contributed by atoms with E-state index in [4.69, 9.17) is 15.2 Å². The van der Waals surface area contributed by atoms with E-state index < -0.39 is 0 Å². The number of nitrogens with one attached hydrogen (secondary N) is 1. The number of amides is 1. The molecule has 9 nitrogen and oxygen atoms in total. The molecule has 4 N–H and O–H groups in total. The summed E-state index contributed by atoms with van der Waals surface area (Å²) in [5, 5.41) is 10.6. The quantitative estimate of drug-likeness (QED) is 0.111. The fraction of sp³-hybridized carbons (Fsp3) is 0.375. The Morgan fingerprint density at radius 1 is 1.00 bits per heavy atom. The van der Waals surface area contributed by atoms with Gasteiger partial charge >= 0.3 is 0 Å². The number of hydrogen-bond donors (Lipinski definition) is 3. The van der Waals surface area contributed by atoms with Gasteiger partial charge in [-0.05, 0) is 73.0 Å². The van der Waals surface area contributed by atoms with E-state index >= 15 is 0 Å². The van der Waals surface area contributed by atoms with E-state index in [2.05, 4.69) is 28.7 Å². The van der Waals surface area contributed by atoms with Crippen molar-refractivity contribution in [1.29, 1.82) is 0 Å². The number of benzene rings is 2. The number of aromatic nitrogens is 1. The summed E-state index contributed by atoms with van der Waals surface area (Å²) in [5.41, 5.74) is 9.47. The smallest absolute Gasteiger partial charge is 0.246 e. The van der Waals surface area contributed by atoms with Crippen molar-refractivity contribution < 1.29 is 19.4 Å². The van der Waals surface area contributed by atoms with Crippen molar-refractivity contribution in [2.45, 2.75) is 39.5 Å². The maximum absolute atomic E-state index is 13.0. The maximum atomic E-state index is 13.0. The van der Waals surface area contributed by atoms with Crippen LogP contribution in [0.15, 0.2) is 65.8 Å². The number of H-pyrrole nitrogens is 1. The molecule has 0 saturated carbocycles. The van der Waals surface area contributed by atoms with Crippen molar-refractivity contribution in [2.24, 2.45) is 10.7 Å². The second-order valence-electron chi connectivity index (χ2n) is 10.0. The number of piperazine rings is 1. The van der Waals surface area contributed by atoms with E-state index in [-0.39, 0.29) is 11.7 Å². The summed E-state index contributed by atoms with van der Waals surface area (Å²) < 4.78 is 11.6. The summed E-state index contributed by atoms with van der Waals surface area (Å²) in [6.07, 6.45) is 8.90. The highest BCUT2D eigenvalue weighted by molar-refractivity contribution is 5.97. The zero-order valence-electron chi connectivity index (χ0n) is 24.0. The third-order valence-electron chi connectivity index (χ3n) is 6.92. The van der Waals surface area contributed by atoms with Crippen LogP contribution in [0.5, 0.6) is 17.2 Å². The van der Waals surface area contributed by atoms with Gasteiger partial charge in [0.25, 0.3) is 0 Å². The van der Waals surface area contributed by atoms with Gasteiger partial charge in [0, 0.05) is 44.1 Å². The highest BCUT2D eigenvalue weighted by atomic mass is 16.5. The van der Waals surface area contributed by atoms with Crippen LogP contribution in [0.2, 0.25) is 0 Å². The number of phenolic OH excluding ortho intramolecular Hbond substituents is 1. The Morgan fingerprint density at radius 2 is 1.63 bits per heavy atom. The first-order valence-corrected chi connectivity index (χ1v) is 14.4. The highest BCUT2D eigenvalue weighted by Gasteiger charge is 2.20. The maximum Gasteiger partial charge on any atom is 0.246 e. The molecule has 4 rings (SSSR count). The van der Waals surface area contributed by atoms with Crippen LogP contribution in [0.4, 0.5) is 11.4 Å². The minimum absolute atomic E-state index is 0.000577. The number of rotatable bonds is 13. The Hall–Kier alpha value is -4.40. The first-order chi connectivity index (χ1) is 20.0. The number of carbonyl (C=O) groups is 1. The van der Waals surface area contributed by atoms with Crippen LogP contribution in [0, 0.1) is 0 Å². The number of nitrogens with zero attached hydrogens (tertiary/aromatic N) is 3. The summed E-state index contributed by atoms with van der Waals surface area (Å²) in [4.78, 5) is 24.6. The first-order valence-electron chi connectivity index (χ1n) is 14.4. The minimum atomic E-state index is -0.0518. The molecule has 1 fully saturated rings. The number of aromatic hydroxyl groups is 1. The fourth-order valence-electron chi connectivity index (χ4n) is 4.46. The number of ether oxygens (including phenoxy) is 2. The van der Waals surface area contributed by atoms with Crippen LogP contribution >= 0.6 is 0 Å². The lowest BCUT2D eigenvalue weighted by Gasteiger charge is -2.35. The number of aliphatic imine (C=N–C) groups is 1. The van der Waals surface area contributed by atoms with Gasteiger partial charge in [-0.15, -0.1) is 0 Å². The van der Waals surface area contributed by atoms with Gasteiger partial charge in [0.05, 0.1) is 24.6 Å². The molecular weight excluding hydrogens is 518 g/mol. The van der Waals surface area contributed by atoms with Crippen molar-refractivity contribution in [3.8, 4) is 17.2 Å². The number of unbranched alkanes of at least 4 members (excludes halogenated alkanes) is 2. The normalized spacial score (nSPS) is 14.0. The largest absolute Gasteiger partial charge is 0.502 e. The summed E-state index contributed by atoms with van der Waals surface area (Å²) in [6, 6.07) is 15.2. The van der Waals surface area contributed by atoms with Gasteiger partial charge in [0.15, 0.2) is 11.5 Å². The van der Waals surface area contributed by atoms with Crippen molar-refractivity contribution >= 4 is 29.2 Å². The lowest BCUT2D eigenvalue weighted by atomic mass is 10.1. The van der Waals surface area contributed by atoms with Crippen molar-refractivity contribution in [3.63, 3.8) is 0 Å². The molecule has 9 heteroatoms. The Balaban J connectivity index is 1.34. The molecule has 41 heavy (non-hydrogen) atoms. The van der Waals surface area contributed by atoms with Crippen LogP contribution in [0.1, 0.15) is 50.8 Å². The molecule has 2 heterocycles. The molecule has 0 spiro atoms. The van der Waals surface area contributed by atoms with Crippen LogP contribution < -0.4 is 20.1 Å². The number of aromatic amines is 1. The molecule has 0 atom stereocenters. The summed E-state index contributed by atoms with van der Waals surface area (Å²) >= 11 is 0. The van der Waals surface area contributed by atoms with Gasteiger partial charge in [0.1, 0.15) is 5.84 Å². The molecule has 0 bridgehead atoms. The highest BCUT2D eigenvalue weighted by Crippen LogP contribution is 2.38. The van der Waals surface area contributed by atoms with Crippen LogP contribution in [0.25, 0.3) is 6.08 Å². The Bertz CT molecular complexity index is 1280. The minimum Gasteiger partial charge on any atom is -0.502 e. The van der Waals surface area contributed by atoms with Gasteiger partial charge in [-0.25, -0.2) is 4.99 Å². The molecule has 1 aromatic heterocycles. The number of carbonyl (C=O) groups excluding carboxylic acids is 1. The predicted octanol–water partition coefficient (Wildman–Crippen LogP) is 5.48. The number of amidine groups is 1. The molecule has 1 aliphatic rings. The molecule has 1 saturated heterocycles. The molecular formula is C32H41N5O4. The Morgan fingerprint density at radius 3 is 2.20 bits per heavy atom. The van der Waals surface area contributed by atoms with E-state index in [9.17, 15) is 9.90 Å². The zero-order chi connectivity index (χ0) is 29.0. The molecule has 0 unspecified atom stereocenters. The number of phenols is 1. The van der Waals surface area contributed by atoms with Crippen LogP contribution in [-0.2, 0) is 4.79 Å². The van der Waals surface area contributed by atoms with E-state index in [1.165, 1.54) is 0 Å². The second-order valence-corrected chi connectivity index (χ2v) is 10.0. The molecule has 1 aliphatic heterocycles. The van der Waals surface area contributed by atoms with E-state index in [1.807, 2.05) is 47.5 Å². The summed E-state index contributed by atoms with van der Waals surface area (Å²) in [7, 11) is 0. The SMILES string of the molecule is CCCCOc1cc(/C=C/C(=O)N2CCN(c3ccc(N=C(N)c4ccc[nH]4)cc3)CC2)cc(OCCCC)c1O. The van der Waals surface area contributed by atoms with Crippen molar-refractivity contribution in [2.75, 3.05) is 44.3 Å². The monoisotopic (exact) mass is 559 g/mol. The average Bonchev–Trinajstić information content (AvgIpc) is 3.54. The van der Waals surface area contributed by atoms with Gasteiger partial charge in [-0.3, -0.25) is 4.79 Å². The van der Waals surface area contributed by atoms with Gasteiger partial charge < -0.3 is 35.1 Å². The van der Waals surface area contributed by atoms with E-state index in [0.29, 0.717) is 43.6 Å². The van der Waals surface area contributed by atoms with Gasteiger partial charge in [0.2, 0.25) is 11.7 Å². The molecule has 1 amide bonds. The third-order valence-corrected chi connectivity index (χ3v) is 6.92. The summed E-state index contributed by atoms with van der Waals surface area (Å²) in [6.45, 7) is 7.89. The van der Waals surface area contributed by atoms with Gasteiger partial charge in [-0.2, -0.15) is 0 Å². The topological polar surface area (TPSA) is 116 Å². The molecule has 3 aromatic rings. The number of nitrogens with two attached hydrogens (primary N) is 1. The number of hydrogen-bond acceptors (Lipinski definition) is 6. The van der Waals surface area contributed by atoms with Crippen LogP contribution in [-0.4, -0.2) is 66.1 Å². The first kappa shape index (κ1) is 29.6. The molecule has 2 aromatic carbocycles. The van der Waals surface area contributed by atoms with Gasteiger partial charge in [-0.1, -0.05) is 26.7 Å². The summed E-state index contributed by atoms with van der Waals surface area (Å²) in [5.74, 6) is 1.13. The molecule has 0 radical (unpaired) electrons. The lowest BCUT2D eigenvalue weighted by Crippen LogP contribution is -2.48. The number of anilines is 1. The fourth-order valence-corrected chi connectivity index (χ4v) is 4.46. The standard InChI is InChI=1S/C32H41N5O4/c1-3-5-20-40-28-22-24(23-29(31(28)39)41-21-6-4-2)9-14-30(38)37-18-16-36(17-19-37)26-12-10-25(11-13-26)35-32(33)27-8-7-15-34-27/h7-15,22-23,34,39H,3-6,16-21H2,1-2H3,(H2,33,35)/b14-9+. The second kappa shape index (κ2) is 14.8. The Labute approximate surface area is 242 Å². The Kier molecular flexibility index (Phi) is 10.7. The van der Waals surface area contributed by atoms with E-state index in [1.54, 1.807) is 24.3 Å². The van der Waals surface area contributed by atoms with Crippen molar-refractivity contribution in [1.82, 2.24) is 9.88 Å². The lowest BCUT2D eigenvalue weighted by molar-refractivity contribution is -0.126. The van der Waals surface area contributed by atoms with E-state index in [0.717, 1.165) is 61.4 Å². The van der Waals surface area contributed by atoms with Crippen molar-refractivity contribution in [3.05, 3.63) is 72.1 Å². The van der Waals surface area contributed by atoms with Crippen LogP contribution in [0.3, 0.4) is 0 Å². The zero-order valence-corrected chi connectivity index (χ0v) is 24.0. The molecule has 218 valence electrons. The average molecular weight is 560 g/mol. The predicted molar refractivity (Wildman–Crippen MR) is 164 cm³/mol. The molecule has 0 aliphatic carbocycles.